The molecule has 8 bridgehead atoms. The van der Waals surface area contributed by atoms with E-state index >= 15 is 0 Å². The van der Waals surface area contributed by atoms with Crippen molar-refractivity contribution in [2.75, 3.05) is 26.4 Å². The van der Waals surface area contributed by atoms with Gasteiger partial charge in [0.25, 0.3) is 0 Å². The average molecular weight is 752 g/mol. The van der Waals surface area contributed by atoms with Crippen LogP contribution < -0.4 is 5.32 Å². The van der Waals surface area contributed by atoms with E-state index < -0.39 is 35.5 Å². The number of cyclic esters (lactones) is 2. The lowest BCUT2D eigenvalue weighted by atomic mass is 9.85. The van der Waals surface area contributed by atoms with Crippen molar-refractivity contribution in [3.8, 4) is 0 Å². The van der Waals surface area contributed by atoms with Gasteiger partial charge in [0.15, 0.2) is 0 Å². The molecular formula is C42H49N5O8. The molecule has 0 aliphatic carbocycles. The van der Waals surface area contributed by atoms with Crippen LogP contribution in [0.4, 0.5) is 4.79 Å². The van der Waals surface area contributed by atoms with Gasteiger partial charge in [-0.05, 0) is 94.9 Å². The van der Waals surface area contributed by atoms with Crippen LogP contribution >= 0.6 is 0 Å². The predicted octanol–water partition coefficient (Wildman–Crippen LogP) is 7.98. The van der Waals surface area contributed by atoms with E-state index in [0.29, 0.717) is 34.4 Å². The molecule has 0 fully saturated rings. The molecule has 3 aromatic heterocycles. The Labute approximate surface area is 319 Å². The molecule has 13 heteroatoms. The number of aryl methyl sites for hydroxylation is 2. The number of amides is 1. The molecule has 6 rings (SSSR count). The van der Waals surface area contributed by atoms with Crippen molar-refractivity contribution in [1.29, 1.82) is 0 Å². The molecule has 0 spiro atoms. The quantitative estimate of drug-likeness (QED) is 0.0754. The standard InChI is InChI=1S/C42H49N5O8/c1-10-25-21(3)28-18-30-23(5)27(12-13-34(48)53-17-16-52-15-14-43-41(51)55-42(7,8)9)37(46-30)36-38-35(39(49)54-40(36)50)24(6)31(47-38)20-33-26(11-2)22(4)29(45-33)19-32(25)44-28/h10,18-20,23,27,44,47H,1,11-17H2,2-9H3,(H,43,51)/t23-,27-/m0/s1. The fourth-order valence-corrected chi connectivity index (χ4v) is 7.41. The topological polar surface area (TPSA) is 175 Å². The first kappa shape index (κ1) is 39.1. The van der Waals surface area contributed by atoms with Crippen LogP contribution in [0.3, 0.4) is 0 Å². The Morgan fingerprint density at radius 2 is 1.65 bits per heavy atom. The smallest absolute Gasteiger partial charge is 0.407 e. The molecule has 3 aromatic rings. The van der Waals surface area contributed by atoms with E-state index in [0.717, 1.165) is 51.1 Å². The van der Waals surface area contributed by atoms with Gasteiger partial charge in [-0.1, -0.05) is 26.5 Å². The maximum absolute atomic E-state index is 13.7. The van der Waals surface area contributed by atoms with Crippen LogP contribution in [0.2, 0.25) is 0 Å². The van der Waals surface area contributed by atoms with Crippen LogP contribution in [-0.4, -0.2) is 75.9 Å². The Kier molecular flexibility index (Phi) is 11.1. The summed E-state index contributed by atoms with van der Waals surface area (Å²) in [5, 5.41) is 2.61. The molecule has 0 saturated heterocycles. The number of allylic oxidation sites excluding steroid dienone is 2. The summed E-state index contributed by atoms with van der Waals surface area (Å²) in [6, 6.07) is 5.92. The van der Waals surface area contributed by atoms with Gasteiger partial charge in [-0.3, -0.25) is 9.78 Å². The SMILES string of the molecule is C=Cc1c(C)c2cc3nc(c4c5[nH]c(cc6nc(cc1[nH]2)C(C)=C6CC)c(C)c5C(=O)OC4=O)[C@@H](CCC(=O)OCCOCCNC(=O)OC(C)(C)C)[C@@H]3C. The summed E-state index contributed by atoms with van der Waals surface area (Å²) in [5.74, 6) is -2.58. The predicted molar refractivity (Wildman–Crippen MR) is 209 cm³/mol. The lowest BCUT2D eigenvalue weighted by Gasteiger charge is -2.19. The monoisotopic (exact) mass is 751 g/mol. The number of hydrogen-bond acceptors (Lipinski definition) is 10. The fraction of sp³-hybridized carbons (Fsp3) is 0.429. The number of carbonyl (C=O) groups is 4. The van der Waals surface area contributed by atoms with Gasteiger partial charge < -0.3 is 34.2 Å². The zero-order valence-corrected chi connectivity index (χ0v) is 32.8. The fourth-order valence-electron chi connectivity index (χ4n) is 7.41. The number of rotatable bonds is 11. The minimum absolute atomic E-state index is 0.0315. The normalized spacial score (nSPS) is 16.6. The van der Waals surface area contributed by atoms with Crippen LogP contribution in [0.5, 0.6) is 0 Å². The highest BCUT2D eigenvalue weighted by atomic mass is 16.6. The van der Waals surface area contributed by atoms with Crippen LogP contribution in [-0.2, 0) is 23.7 Å². The number of alkyl carbamates (subject to hydrolysis) is 1. The summed E-state index contributed by atoms with van der Waals surface area (Å²) in [7, 11) is 0. The molecule has 55 heavy (non-hydrogen) atoms. The van der Waals surface area contributed by atoms with Gasteiger partial charge >= 0.3 is 24.0 Å². The third kappa shape index (κ3) is 7.98. The molecule has 3 aliphatic heterocycles. The molecule has 13 nitrogen and oxygen atoms in total. The van der Waals surface area contributed by atoms with Gasteiger partial charge in [0, 0.05) is 52.6 Å². The molecule has 3 N–H and O–H groups in total. The Morgan fingerprint density at radius 1 is 0.945 bits per heavy atom. The summed E-state index contributed by atoms with van der Waals surface area (Å²) in [4.78, 5) is 68.8. The maximum Gasteiger partial charge on any atom is 0.407 e. The molecule has 0 saturated carbocycles. The van der Waals surface area contributed by atoms with E-state index in [1.165, 1.54) is 0 Å². The number of H-pyrrole nitrogens is 2. The van der Waals surface area contributed by atoms with Gasteiger partial charge in [0.05, 0.1) is 41.4 Å². The molecule has 0 radical (unpaired) electrons. The van der Waals surface area contributed by atoms with Crippen molar-refractivity contribution in [2.24, 2.45) is 0 Å². The van der Waals surface area contributed by atoms with E-state index in [4.69, 9.17) is 28.9 Å². The molecule has 6 heterocycles. The lowest BCUT2D eigenvalue weighted by molar-refractivity contribution is -0.145. The Hall–Kier alpha value is -5.56. The first-order valence-electron chi connectivity index (χ1n) is 18.7. The highest BCUT2D eigenvalue weighted by Gasteiger charge is 2.38. The van der Waals surface area contributed by atoms with Gasteiger partial charge in [-0.25, -0.2) is 19.4 Å². The molecule has 0 aromatic carbocycles. The minimum Gasteiger partial charge on any atom is -0.463 e. The number of ether oxygens (including phenoxy) is 4. The van der Waals surface area contributed by atoms with Crippen molar-refractivity contribution in [3.63, 3.8) is 0 Å². The summed E-state index contributed by atoms with van der Waals surface area (Å²) >= 11 is 0. The third-order valence-electron chi connectivity index (χ3n) is 10.3. The zero-order valence-electron chi connectivity index (χ0n) is 32.8. The summed E-state index contributed by atoms with van der Waals surface area (Å²) in [5.41, 5.74) is 9.89. The van der Waals surface area contributed by atoms with Crippen molar-refractivity contribution in [3.05, 3.63) is 75.4 Å². The Morgan fingerprint density at radius 3 is 2.36 bits per heavy atom. The molecule has 1 amide bonds. The molecule has 2 atom stereocenters. The molecule has 3 aliphatic rings. The van der Waals surface area contributed by atoms with Crippen LogP contribution in [0.15, 0.2) is 24.8 Å². The maximum atomic E-state index is 13.7. The number of aromatic nitrogens is 4. The van der Waals surface area contributed by atoms with E-state index in [-0.39, 0.29) is 49.8 Å². The molecular weight excluding hydrogens is 702 g/mol. The highest BCUT2D eigenvalue weighted by Crippen LogP contribution is 2.44. The lowest BCUT2D eigenvalue weighted by Crippen LogP contribution is -2.34. The van der Waals surface area contributed by atoms with Crippen molar-refractivity contribution in [2.45, 2.75) is 92.1 Å². The number of fused-ring (bicyclic) bond motifs is 8. The van der Waals surface area contributed by atoms with Gasteiger partial charge in [-0.15, -0.1) is 0 Å². The number of aromatic amines is 2. The van der Waals surface area contributed by atoms with Crippen molar-refractivity contribution >= 4 is 63.3 Å². The van der Waals surface area contributed by atoms with E-state index in [1.54, 1.807) is 20.8 Å². The second kappa shape index (κ2) is 15.7. The minimum atomic E-state index is -0.801. The summed E-state index contributed by atoms with van der Waals surface area (Å²) in [6.07, 6.45) is 2.39. The third-order valence-corrected chi connectivity index (χ3v) is 10.3. The van der Waals surface area contributed by atoms with Gasteiger partial charge in [-0.2, -0.15) is 0 Å². The first-order chi connectivity index (χ1) is 26.1. The van der Waals surface area contributed by atoms with Crippen LogP contribution in [0.25, 0.3) is 39.3 Å². The van der Waals surface area contributed by atoms with Crippen molar-refractivity contribution in [1.82, 2.24) is 25.3 Å². The zero-order chi connectivity index (χ0) is 39.8. The number of esters is 3. The van der Waals surface area contributed by atoms with Gasteiger partial charge in [0.2, 0.25) is 0 Å². The van der Waals surface area contributed by atoms with Gasteiger partial charge in [0.1, 0.15) is 17.8 Å². The number of nitrogens with zero attached hydrogens (tertiary/aromatic N) is 2. The summed E-state index contributed by atoms with van der Waals surface area (Å²) in [6.45, 7) is 20.0. The van der Waals surface area contributed by atoms with Crippen LogP contribution in [0, 0.1) is 13.8 Å². The number of nitrogens with one attached hydrogen (secondary N) is 3. The number of carbonyl (C=O) groups excluding carboxylic acids is 4. The van der Waals surface area contributed by atoms with E-state index in [1.807, 2.05) is 45.0 Å². The largest absolute Gasteiger partial charge is 0.463 e. The van der Waals surface area contributed by atoms with E-state index in [9.17, 15) is 19.2 Å². The summed E-state index contributed by atoms with van der Waals surface area (Å²) < 4.78 is 21.5. The first-order valence-corrected chi connectivity index (χ1v) is 18.7. The van der Waals surface area contributed by atoms with E-state index in [2.05, 4.69) is 35.7 Å². The second-order valence-electron chi connectivity index (χ2n) is 15.1. The second-order valence-corrected chi connectivity index (χ2v) is 15.1. The average Bonchev–Trinajstić information content (AvgIpc) is 3.79. The number of hydrogen-bond donors (Lipinski definition) is 3. The Balaban J connectivity index is 1.35. The Bertz CT molecular complexity index is 2290. The van der Waals surface area contributed by atoms with Crippen molar-refractivity contribution < 1.29 is 38.1 Å². The van der Waals surface area contributed by atoms with Crippen LogP contribution in [0.1, 0.15) is 133 Å². The molecule has 290 valence electrons. The molecule has 0 unspecified atom stereocenters. The highest BCUT2D eigenvalue weighted by molar-refractivity contribution is 6.18.